The molecule has 150 valence electrons. The third-order valence-electron chi connectivity index (χ3n) is 4.36. The van der Waals surface area contributed by atoms with Gasteiger partial charge in [-0.2, -0.15) is 0 Å². The van der Waals surface area contributed by atoms with Crippen LogP contribution in [0, 0.1) is 17.5 Å². The van der Waals surface area contributed by atoms with E-state index in [0.29, 0.717) is 6.07 Å². The number of benzene rings is 2. The number of hydrogen-bond donors (Lipinski definition) is 1. The Hall–Kier alpha value is -2.40. The zero-order valence-corrected chi connectivity index (χ0v) is 15.8. The van der Waals surface area contributed by atoms with Crippen molar-refractivity contribution < 1.29 is 34.8 Å². The van der Waals surface area contributed by atoms with Gasteiger partial charge in [0.1, 0.15) is 0 Å². The van der Waals surface area contributed by atoms with Crippen molar-refractivity contribution in [2.24, 2.45) is 0 Å². The minimum atomic E-state index is -3.89. The fraction of sp³-hybridized carbons (Fsp3) is 0.235. The molecular weight excluding hydrogens is 419 g/mol. The van der Waals surface area contributed by atoms with Gasteiger partial charge in [-0.3, -0.25) is 4.79 Å². The van der Waals surface area contributed by atoms with E-state index in [2.05, 4.69) is 5.32 Å². The second kappa shape index (κ2) is 7.21. The Balaban J connectivity index is 1.79. The van der Waals surface area contributed by atoms with Crippen LogP contribution in [0.1, 0.15) is 16.8 Å². The summed E-state index contributed by atoms with van der Waals surface area (Å²) in [6, 6.07) is 6.09. The minimum absolute atomic E-state index is 0.00229. The van der Waals surface area contributed by atoms with Gasteiger partial charge in [-0.1, -0.05) is 0 Å². The molecule has 1 saturated heterocycles. The Labute approximate surface area is 159 Å². The maximum absolute atomic E-state index is 13.6. The molecule has 1 amide bonds. The topological polar surface area (TPSA) is 97.4 Å². The number of amides is 1. The fourth-order valence-corrected chi connectivity index (χ4v) is 7.17. The summed E-state index contributed by atoms with van der Waals surface area (Å²) in [5.74, 6) is -6.21. The van der Waals surface area contributed by atoms with Crippen LogP contribution in [0.2, 0.25) is 0 Å². The highest BCUT2D eigenvalue weighted by Crippen LogP contribution is 2.26. The maximum Gasteiger partial charge on any atom is 0.255 e. The lowest BCUT2D eigenvalue weighted by atomic mass is 10.2. The number of carbonyl (C=O) groups is 1. The molecule has 2 aromatic carbocycles. The predicted molar refractivity (Wildman–Crippen MR) is 95.0 cm³/mol. The molecule has 0 radical (unpaired) electrons. The molecule has 0 aromatic heterocycles. The predicted octanol–water partition coefficient (Wildman–Crippen LogP) is 2.32. The van der Waals surface area contributed by atoms with Crippen LogP contribution in [0.25, 0.3) is 0 Å². The highest BCUT2D eigenvalue weighted by molar-refractivity contribution is 7.96. The second-order valence-corrected chi connectivity index (χ2v) is 10.7. The number of nitrogens with one attached hydrogen (secondary N) is 1. The molecule has 3 rings (SSSR count). The van der Waals surface area contributed by atoms with E-state index in [4.69, 9.17) is 0 Å². The van der Waals surface area contributed by atoms with E-state index >= 15 is 0 Å². The lowest BCUT2D eigenvalue weighted by Gasteiger charge is -2.11. The number of sulfone groups is 2. The van der Waals surface area contributed by atoms with E-state index in [1.165, 1.54) is 0 Å². The molecule has 1 unspecified atom stereocenters. The van der Waals surface area contributed by atoms with Crippen LogP contribution in [0.4, 0.5) is 18.9 Å². The summed E-state index contributed by atoms with van der Waals surface area (Å²) in [7, 11) is -7.28. The Morgan fingerprint density at radius 1 is 1.00 bits per heavy atom. The monoisotopic (exact) mass is 433 g/mol. The van der Waals surface area contributed by atoms with Crippen LogP contribution in [0.5, 0.6) is 0 Å². The van der Waals surface area contributed by atoms with E-state index < -0.39 is 59.7 Å². The number of carbonyl (C=O) groups excluding carboxylic acids is 1. The molecule has 1 N–H and O–H groups in total. The quantitative estimate of drug-likeness (QED) is 0.747. The molecule has 0 spiro atoms. The first-order valence-corrected chi connectivity index (χ1v) is 11.4. The number of halogens is 3. The first-order chi connectivity index (χ1) is 13.0. The van der Waals surface area contributed by atoms with Crippen LogP contribution >= 0.6 is 0 Å². The Bertz CT molecular complexity index is 1150. The number of rotatable bonds is 4. The lowest BCUT2D eigenvalue weighted by molar-refractivity contribution is 0.102. The first kappa shape index (κ1) is 20.3. The summed E-state index contributed by atoms with van der Waals surface area (Å²) < 4.78 is 87.8. The number of anilines is 1. The van der Waals surface area contributed by atoms with E-state index in [0.717, 1.165) is 30.3 Å². The smallest absolute Gasteiger partial charge is 0.255 e. The average Bonchev–Trinajstić information content (AvgIpc) is 3.03. The normalized spacial score (nSPS) is 18.8. The van der Waals surface area contributed by atoms with Gasteiger partial charge in [0.15, 0.2) is 37.1 Å². The molecule has 0 saturated carbocycles. The molecule has 0 aliphatic carbocycles. The highest BCUT2D eigenvalue weighted by atomic mass is 32.2. The van der Waals surface area contributed by atoms with Crippen molar-refractivity contribution in [2.75, 3.05) is 16.8 Å². The van der Waals surface area contributed by atoms with Gasteiger partial charge in [0, 0.05) is 5.56 Å². The zero-order chi connectivity index (χ0) is 20.7. The van der Waals surface area contributed by atoms with Gasteiger partial charge in [-0.25, -0.2) is 30.0 Å². The standard InChI is InChI=1S/C17H14F3NO5S2/c18-13-5-6-14(16(20)15(13)19)21-17(22)10-1-3-11(4-2-10)28(25,26)12-7-8-27(23,24)9-12/h1-6,12H,7-9H2,(H,21,22). The summed E-state index contributed by atoms with van der Waals surface area (Å²) in [6.07, 6.45) is 0.00229. The highest BCUT2D eigenvalue weighted by Gasteiger charge is 2.38. The maximum atomic E-state index is 13.6. The van der Waals surface area contributed by atoms with Gasteiger partial charge in [0.2, 0.25) is 0 Å². The Morgan fingerprint density at radius 3 is 2.21 bits per heavy atom. The molecule has 1 atom stereocenters. The summed E-state index contributed by atoms with van der Waals surface area (Å²) in [6.45, 7) is 0. The Kier molecular flexibility index (Phi) is 5.24. The van der Waals surface area contributed by atoms with Crippen LogP contribution in [0.15, 0.2) is 41.3 Å². The van der Waals surface area contributed by atoms with E-state index in [1.54, 1.807) is 0 Å². The fourth-order valence-electron chi connectivity index (χ4n) is 2.81. The molecule has 1 heterocycles. The lowest BCUT2D eigenvalue weighted by Crippen LogP contribution is -2.23. The molecular formula is C17H14F3NO5S2. The van der Waals surface area contributed by atoms with Gasteiger partial charge in [-0.15, -0.1) is 0 Å². The van der Waals surface area contributed by atoms with Crippen molar-refractivity contribution in [3.63, 3.8) is 0 Å². The van der Waals surface area contributed by atoms with Crippen LogP contribution in [-0.4, -0.2) is 39.5 Å². The summed E-state index contributed by atoms with van der Waals surface area (Å²) in [5.41, 5.74) is -0.626. The van der Waals surface area contributed by atoms with Crippen LogP contribution < -0.4 is 5.32 Å². The largest absolute Gasteiger partial charge is 0.319 e. The van der Waals surface area contributed by atoms with Gasteiger partial charge in [0.25, 0.3) is 5.91 Å². The molecule has 1 aliphatic rings. The van der Waals surface area contributed by atoms with Crippen LogP contribution in [0.3, 0.4) is 0 Å². The van der Waals surface area contributed by atoms with Gasteiger partial charge >= 0.3 is 0 Å². The molecule has 2 aromatic rings. The molecule has 11 heteroatoms. The first-order valence-electron chi connectivity index (χ1n) is 8.00. The molecule has 28 heavy (non-hydrogen) atoms. The SMILES string of the molecule is O=C(Nc1ccc(F)c(F)c1F)c1ccc(S(=O)(=O)C2CCS(=O)(=O)C2)cc1. The van der Waals surface area contributed by atoms with Crippen molar-refractivity contribution in [3.8, 4) is 0 Å². The summed E-state index contributed by atoms with van der Waals surface area (Å²) in [4.78, 5) is 12.0. The molecule has 1 fully saturated rings. The minimum Gasteiger partial charge on any atom is -0.319 e. The third-order valence-corrected chi connectivity index (χ3v) is 8.55. The third kappa shape index (κ3) is 3.90. The van der Waals surface area contributed by atoms with Crippen molar-refractivity contribution in [3.05, 3.63) is 59.4 Å². The molecule has 1 aliphatic heterocycles. The van der Waals surface area contributed by atoms with Crippen molar-refractivity contribution in [1.82, 2.24) is 0 Å². The second-order valence-electron chi connectivity index (χ2n) is 6.27. The zero-order valence-electron chi connectivity index (χ0n) is 14.2. The van der Waals surface area contributed by atoms with E-state index in [9.17, 15) is 34.8 Å². The van der Waals surface area contributed by atoms with Crippen molar-refractivity contribution >= 4 is 31.3 Å². The molecule has 0 bridgehead atoms. The van der Waals surface area contributed by atoms with Crippen molar-refractivity contribution in [1.29, 1.82) is 0 Å². The average molecular weight is 433 g/mol. The molecule has 6 nitrogen and oxygen atoms in total. The van der Waals surface area contributed by atoms with Gasteiger partial charge in [-0.05, 0) is 42.8 Å². The summed E-state index contributed by atoms with van der Waals surface area (Å²) in [5, 5.41) is 1.02. The van der Waals surface area contributed by atoms with Crippen molar-refractivity contribution in [2.45, 2.75) is 16.6 Å². The summed E-state index contributed by atoms with van der Waals surface area (Å²) >= 11 is 0. The van der Waals surface area contributed by atoms with E-state index in [-0.39, 0.29) is 22.6 Å². The van der Waals surface area contributed by atoms with Gasteiger partial charge in [0.05, 0.1) is 27.3 Å². The van der Waals surface area contributed by atoms with E-state index in [1.807, 2.05) is 0 Å². The Morgan fingerprint density at radius 2 is 1.64 bits per heavy atom. The van der Waals surface area contributed by atoms with Gasteiger partial charge < -0.3 is 5.32 Å². The van der Waals surface area contributed by atoms with Crippen LogP contribution in [-0.2, 0) is 19.7 Å². The number of hydrogen-bond acceptors (Lipinski definition) is 5.